The van der Waals surface area contributed by atoms with Gasteiger partial charge in [-0.25, -0.2) is 0 Å². The Kier molecular flexibility index (Phi) is 4.06. The molecule has 3 rings (SSSR count). The summed E-state index contributed by atoms with van der Waals surface area (Å²) in [7, 11) is 0. The van der Waals surface area contributed by atoms with E-state index in [9.17, 15) is 4.79 Å². The van der Waals surface area contributed by atoms with Gasteiger partial charge in [0.15, 0.2) is 0 Å². The molecule has 0 spiro atoms. The minimum absolute atomic E-state index is 0.102. The molecule has 2 heterocycles. The molecule has 1 aromatic carbocycles. The van der Waals surface area contributed by atoms with E-state index in [1.807, 2.05) is 19.1 Å². The summed E-state index contributed by atoms with van der Waals surface area (Å²) in [5, 5.41) is 6.93. The molecule has 2 N–H and O–H groups in total. The quantitative estimate of drug-likeness (QED) is 0.883. The Morgan fingerprint density at radius 1 is 1.38 bits per heavy atom. The van der Waals surface area contributed by atoms with Crippen LogP contribution in [0.1, 0.15) is 17.3 Å². The van der Waals surface area contributed by atoms with Crippen LogP contribution in [0.4, 0.5) is 5.69 Å². The highest BCUT2D eigenvalue weighted by atomic mass is 35.5. The number of carbonyl (C=O) groups excluding carboxylic acids is 1. The molecular weight excluding hydrogens is 290 g/mol. The summed E-state index contributed by atoms with van der Waals surface area (Å²) in [5.41, 5.74) is 1.33. The maximum Gasteiger partial charge on any atom is 0.251 e. The normalized spacial score (nSPS) is 20.8. The van der Waals surface area contributed by atoms with Gasteiger partial charge in [-0.05, 0) is 25.1 Å². The first-order valence-electron chi connectivity index (χ1n) is 7.23. The van der Waals surface area contributed by atoms with E-state index in [4.69, 9.17) is 16.3 Å². The lowest BCUT2D eigenvalue weighted by Crippen LogP contribution is -2.59. The zero-order valence-corrected chi connectivity index (χ0v) is 12.9. The van der Waals surface area contributed by atoms with Crippen LogP contribution in [0.3, 0.4) is 0 Å². The molecular formula is C15H20ClN3O2. The number of nitrogens with zero attached hydrogens (tertiary/aromatic N) is 1. The molecule has 2 aliphatic rings. The maximum absolute atomic E-state index is 12.2. The number of piperazine rings is 1. The third-order valence-corrected chi connectivity index (χ3v) is 4.23. The highest BCUT2D eigenvalue weighted by Crippen LogP contribution is 2.27. The van der Waals surface area contributed by atoms with Crippen LogP contribution in [0, 0.1) is 0 Å². The molecule has 1 amide bonds. The summed E-state index contributed by atoms with van der Waals surface area (Å²) >= 11 is 6.36. The number of ether oxygens (including phenoxy) is 1. The number of anilines is 1. The number of amides is 1. The van der Waals surface area contributed by atoms with Gasteiger partial charge in [0, 0.05) is 31.7 Å². The molecule has 6 heteroatoms. The number of carbonyl (C=O) groups is 1. The first-order valence-corrected chi connectivity index (χ1v) is 7.61. The van der Waals surface area contributed by atoms with E-state index in [1.165, 1.54) is 0 Å². The monoisotopic (exact) mass is 309 g/mol. The van der Waals surface area contributed by atoms with Gasteiger partial charge in [-0.15, -0.1) is 0 Å². The summed E-state index contributed by atoms with van der Waals surface area (Å²) in [6.07, 6.45) is 0. The Bertz CT molecular complexity index is 540. The third kappa shape index (κ3) is 3.15. The van der Waals surface area contributed by atoms with Gasteiger partial charge in [0.1, 0.15) is 0 Å². The standard InChI is InChI=1S/C15H20ClN3O2/c1-15(9-21-10-15)18-14(20)11-2-3-13(12(16)8-11)19-6-4-17-5-7-19/h2-3,8,17H,4-7,9-10H2,1H3,(H,18,20). The number of hydrogen-bond donors (Lipinski definition) is 2. The van der Waals surface area contributed by atoms with Gasteiger partial charge < -0.3 is 20.3 Å². The van der Waals surface area contributed by atoms with E-state index < -0.39 is 0 Å². The summed E-state index contributed by atoms with van der Waals surface area (Å²) in [6, 6.07) is 5.51. The zero-order valence-electron chi connectivity index (χ0n) is 12.1. The molecule has 114 valence electrons. The second-order valence-electron chi connectivity index (χ2n) is 5.91. The van der Waals surface area contributed by atoms with E-state index in [1.54, 1.807) is 6.07 Å². The predicted octanol–water partition coefficient (Wildman–Crippen LogP) is 1.27. The number of hydrogen-bond acceptors (Lipinski definition) is 4. The molecule has 2 aliphatic heterocycles. The van der Waals surface area contributed by atoms with Crippen LogP contribution in [-0.2, 0) is 4.74 Å². The van der Waals surface area contributed by atoms with Crippen molar-refractivity contribution >= 4 is 23.2 Å². The Morgan fingerprint density at radius 2 is 2.10 bits per heavy atom. The lowest BCUT2D eigenvalue weighted by atomic mass is 10.00. The van der Waals surface area contributed by atoms with Crippen molar-refractivity contribution in [1.29, 1.82) is 0 Å². The van der Waals surface area contributed by atoms with Crippen molar-refractivity contribution in [1.82, 2.24) is 10.6 Å². The lowest BCUT2D eigenvalue weighted by molar-refractivity contribution is -0.0593. The highest BCUT2D eigenvalue weighted by Gasteiger charge is 2.35. The Labute approximate surface area is 129 Å². The predicted molar refractivity (Wildman–Crippen MR) is 83.2 cm³/mol. The van der Waals surface area contributed by atoms with E-state index in [2.05, 4.69) is 15.5 Å². The van der Waals surface area contributed by atoms with Crippen molar-refractivity contribution in [2.45, 2.75) is 12.5 Å². The zero-order chi connectivity index (χ0) is 14.9. The van der Waals surface area contributed by atoms with Crippen molar-refractivity contribution in [2.24, 2.45) is 0 Å². The van der Waals surface area contributed by atoms with Crippen LogP contribution >= 0.6 is 11.6 Å². The SMILES string of the molecule is CC1(NC(=O)c2ccc(N3CCNCC3)c(Cl)c2)COC1. The molecule has 2 fully saturated rings. The molecule has 21 heavy (non-hydrogen) atoms. The van der Waals surface area contributed by atoms with E-state index in [0.717, 1.165) is 31.9 Å². The van der Waals surface area contributed by atoms with Gasteiger partial charge in [0.05, 0.1) is 29.5 Å². The Hall–Kier alpha value is -1.30. The van der Waals surface area contributed by atoms with Gasteiger partial charge in [-0.3, -0.25) is 4.79 Å². The average Bonchev–Trinajstić information content (AvgIpc) is 2.46. The van der Waals surface area contributed by atoms with Crippen LogP contribution in [0.25, 0.3) is 0 Å². The molecule has 5 nitrogen and oxygen atoms in total. The van der Waals surface area contributed by atoms with E-state index >= 15 is 0 Å². The van der Waals surface area contributed by atoms with Gasteiger partial charge in [0.2, 0.25) is 0 Å². The van der Waals surface area contributed by atoms with Crippen LogP contribution in [-0.4, -0.2) is 50.8 Å². The fourth-order valence-corrected chi connectivity index (χ4v) is 2.94. The topological polar surface area (TPSA) is 53.6 Å². The molecule has 0 aliphatic carbocycles. The number of nitrogens with one attached hydrogen (secondary N) is 2. The van der Waals surface area contributed by atoms with Crippen molar-refractivity contribution in [3.8, 4) is 0 Å². The van der Waals surface area contributed by atoms with E-state index in [0.29, 0.717) is 23.8 Å². The molecule has 0 aromatic heterocycles. The molecule has 0 atom stereocenters. The molecule has 1 aromatic rings. The van der Waals surface area contributed by atoms with Crippen LogP contribution < -0.4 is 15.5 Å². The molecule has 0 saturated carbocycles. The smallest absolute Gasteiger partial charge is 0.251 e. The first kappa shape index (κ1) is 14.6. The minimum atomic E-state index is -0.249. The van der Waals surface area contributed by atoms with Crippen molar-refractivity contribution in [2.75, 3.05) is 44.3 Å². The highest BCUT2D eigenvalue weighted by molar-refractivity contribution is 6.33. The largest absolute Gasteiger partial charge is 0.376 e. The van der Waals surface area contributed by atoms with Gasteiger partial charge in [-0.2, -0.15) is 0 Å². The van der Waals surface area contributed by atoms with Crippen LogP contribution in [0.5, 0.6) is 0 Å². The van der Waals surface area contributed by atoms with Gasteiger partial charge in [0.25, 0.3) is 5.91 Å². The second kappa shape index (κ2) is 5.83. The fraction of sp³-hybridized carbons (Fsp3) is 0.533. The minimum Gasteiger partial charge on any atom is -0.376 e. The molecule has 0 radical (unpaired) electrons. The molecule has 0 bridgehead atoms. The van der Waals surface area contributed by atoms with Gasteiger partial charge >= 0.3 is 0 Å². The van der Waals surface area contributed by atoms with Crippen molar-refractivity contribution < 1.29 is 9.53 Å². The molecule has 0 unspecified atom stereocenters. The fourth-order valence-electron chi connectivity index (χ4n) is 2.64. The average molecular weight is 310 g/mol. The summed E-state index contributed by atoms with van der Waals surface area (Å²) in [4.78, 5) is 14.5. The molecule has 2 saturated heterocycles. The van der Waals surface area contributed by atoms with Gasteiger partial charge in [-0.1, -0.05) is 11.6 Å². The Morgan fingerprint density at radius 3 is 2.67 bits per heavy atom. The summed E-state index contributed by atoms with van der Waals surface area (Å²) < 4.78 is 5.14. The third-order valence-electron chi connectivity index (χ3n) is 3.92. The number of halogens is 1. The summed E-state index contributed by atoms with van der Waals surface area (Å²) in [5.74, 6) is -0.102. The first-order chi connectivity index (χ1) is 10.1. The number of rotatable bonds is 3. The summed E-state index contributed by atoms with van der Waals surface area (Å²) in [6.45, 7) is 6.87. The van der Waals surface area contributed by atoms with Crippen LogP contribution in [0.15, 0.2) is 18.2 Å². The van der Waals surface area contributed by atoms with Crippen molar-refractivity contribution in [3.63, 3.8) is 0 Å². The lowest BCUT2D eigenvalue weighted by Gasteiger charge is -2.38. The Balaban J connectivity index is 1.72. The second-order valence-corrected chi connectivity index (χ2v) is 6.32. The van der Waals surface area contributed by atoms with Crippen LogP contribution in [0.2, 0.25) is 5.02 Å². The van der Waals surface area contributed by atoms with E-state index in [-0.39, 0.29) is 11.4 Å². The number of benzene rings is 1. The maximum atomic E-state index is 12.2. The van der Waals surface area contributed by atoms with Crippen molar-refractivity contribution in [3.05, 3.63) is 28.8 Å².